The fourth-order valence-corrected chi connectivity index (χ4v) is 2.14. The van der Waals surface area contributed by atoms with Gasteiger partial charge < -0.3 is 0 Å². The predicted octanol–water partition coefficient (Wildman–Crippen LogP) is 1.11. The molecular weight excluding hydrogens is 195 g/mol. The standard InChI is InChI=1S/C10H15O3.Al/c1-5-9(6(2)11)10(7(3)12)8(4)13;/h9H,5H2,1-4H3;/q;+2. The van der Waals surface area contributed by atoms with Crippen LogP contribution >= 0.6 is 0 Å². The molecule has 14 heavy (non-hydrogen) atoms. The molecule has 0 fully saturated rings. The zero-order valence-electron chi connectivity index (χ0n) is 9.09. The molecule has 0 N–H and O–H groups in total. The second-order valence-corrected chi connectivity index (χ2v) is 4.46. The molecule has 3 nitrogen and oxygen atoms in total. The van der Waals surface area contributed by atoms with E-state index in [1.807, 2.05) is 0 Å². The minimum absolute atomic E-state index is 0.118. The van der Waals surface area contributed by atoms with Crippen molar-refractivity contribution in [3.63, 3.8) is 0 Å². The van der Waals surface area contributed by atoms with Gasteiger partial charge in [-0.2, -0.15) is 0 Å². The minimum atomic E-state index is -1.22. The van der Waals surface area contributed by atoms with Crippen molar-refractivity contribution in [2.75, 3.05) is 0 Å². The molecule has 0 spiro atoms. The van der Waals surface area contributed by atoms with Crippen LogP contribution in [0.3, 0.4) is 0 Å². The van der Waals surface area contributed by atoms with Crippen molar-refractivity contribution in [1.29, 1.82) is 0 Å². The van der Waals surface area contributed by atoms with Gasteiger partial charge in [-0.3, -0.25) is 0 Å². The fraction of sp³-hybridized carbons (Fsp3) is 0.700. The molecule has 0 aliphatic rings. The quantitative estimate of drug-likeness (QED) is 0.504. The topological polar surface area (TPSA) is 51.2 Å². The molecule has 74 valence electrons. The molecule has 0 saturated heterocycles. The van der Waals surface area contributed by atoms with Crippen LogP contribution in [0.2, 0.25) is 4.28 Å². The molecule has 0 rings (SSSR count). The Morgan fingerprint density at radius 2 is 1.50 bits per heavy atom. The third-order valence-electron chi connectivity index (χ3n) is 2.61. The molecule has 0 saturated carbocycles. The number of carbonyl (C=O) groups excluding carboxylic acids is 3. The van der Waals surface area contributed by atoms with Crippen molar-refractivity contribution < 1.29 is 14.4 Å². The Hall–Kier alpha value is -0.458. The van der Waals surface area contributed by atoms with Crippen molar-refractivity contribution in [3.05, 3.63) is 0 Å². The number of hydrogen-bond donors (Lipinski definition) is 0. The maximum absolute atomic E-state index is 11.4. The summed E-state index contributed by atoms with van der Waals surface area (Å²) in [6, 6.07) is 0. The molecule has 0 aromatic heterocycles. The van der Waals surface area contributed by atoms with Crippen LogP contribution in [0.4, 0.5) is 0 Å². The normalized spacial score (nSPS) is 13.6. The molecule has 0 amide bonds. The third kappa shape index (κ3) is 2.31. The zero-order chi connectivity index (χ0) is 11.5. The van der Waals surface area contributed by atoms with Gasteiger partial charge in [0.1, 0.15) is 0 Å². The summed E-state index contributed by atoms with van der Waals surface area (Å²) in [6.45, 7) is 5.91. The van der Waals surface area contributed by atoms with E-state index in [4.69, 9.17) is 0 Å². The summed E-state index contributed by atoms with van der Waals surface area (Å²) in [6.07, 6.45) is 0.498. The van der Waals surface area contributed by atoms with Gasteiger partial charge in [0.25, 0.3) is 0 Å². The fourth-order valence-electron chi connectivity index (χ4n) is 1.67. The van der Waals surface area contributed by atoms with Crippen molar-refractivity contribution in [2.45, 2.75) is 38.4 Å². The number of rotatable bonds is 5. The van der Waals surface area contributed by atoms with E-state index in [1.165, 1.54) is 20.8 Å². The second-order valence-electron chi connectivity index (χ2n) is 3.55. The molecule has 0 aromatic carbocycles. The zero-order valence-corrected chi connectivity index (χ0v) is 10.2. The number of Topliss-reactive ketones (excluding diaryl/α,β-unsaturated/α-hetero) is 3. The predicted molar refractivity (Wildman–Crippen MR) is 54.3 cm³/mol. The van der Waals surface area contributed by atoms with E-state index in [-0.39, 0.29) is 17.3 Å². The third-order valence-corrected chi connectivity index (χ3v) is 3.83. The molecular formula is C10H15AlO3+2. The van der Waals surface area contributed by atoms with Crippen LogP contribution in [0, 0.1) is 5.92 Å². The second kappa shape index (κ2) is 4.86. The van der Waals surface area contributed by atoms with E-state index >= 15 is 0 Å². The number of hydrogen-bond acceptors (Lipinski definition) is 3. The number of carbonyl (C=O) groups is 3. The molecule has 1 unspecified atom stereocenters. The van der Waals surface area contributed by atoms with Gasteiger partial charge in [0.05, 0.1) is 0 Å². The van der Waals surface area contributed by atoms with E-state index in [9.17, 15) is 14.4 Å². The Labute approximate surface area is 92.7 Å². The first-order chi connectivity index (χ1) is 6.28. The van der Waals surface area contributed by atoms with E-state index < -0.39 is 10.2 Å². The number of ketones is 3. The van der Waals surface area contributed by atoms with E-state index in [2.05, 4.69) is 16.3 Å². The van der Waals surface area contributed by atoms with Gasteiger partial charge in [-0.25, -0.2) is 0 Å². The first kappa shape index (κ1) is 13.5. The van der Waals surface area contributed by atoms with Crippen molar-refractivity contribution in [2.24, 2.45) is 5.92 Å². The Kier molecular flexibility index (Phi) is 4.70. The summed E-state index contributed by atoms with van der Waals surface area (Å²) in [5, 5.41) is 0. The Morgan fingerprint density at radius 3 is 1.57 bits per heavy atom. The van der Waals surface area contributed by atoms with Crippen LogP contribution in [0.5, 0.6) is 0 Å². The summed E-state index contributed by atoms with van der Waals surface area (Å²) in [7, 11) is 0. The van der Waals surface area contributed by atoms with Gasteiger partial charge in [-0.05, 0) is 0 Å². The maximum atomic E-state index is 11.4. The van der Waals surface area contributed by atoms with Crippen LogP contribution in [0.25, 0.3) is 0 Å². The summed E-state index contributed by atoms with van der Waals surface area (Å²) < 4.78 is -1.22. The van der Waals surface area contributed by atoms with Gasteiger partial charge in [0.15, 0.2) is 0 Å². The van der Waals surface area contributed by atoms with Crippen LogP contribution in [0.1, 0.15) is 34.1 Å². The monoisotopic (exact) mass is 210 g/mol. The molecule has 1 atom stereocenters. The van der Waals surface area contributed by atoms with E-state index in [1.54, 1.807) is 6.92 Å². The van der Waals surface area contributed by atoms with Crippen LogP contribution in [-0.4, -0.2) is 33.6 Å². The van der Waals surface area contributed by atoms with Crippen LogP contribution in [0.15, 0.2) is 0 Å². The van der Waals surface area contributed by atoms with Crippen molar-refractivity contribution in [1.82, 2.24) is 0 Å². The van der Waals surface area contributed by atoms with E-state index in [0.717, 1.165) is 0 Å². The Balaban J connectivity index is 5.28. The SMILES string of the molecule is CCC(C(C)=O)[C]([Al+2])(C(C)=O)C(C)=O. The van der Waals surface area contributed by atoms with E-state index in [0.29, 0.717) is 6.42 Å². The van der Waals surface area contributed by atoms with Gasteiger partial charge in [-0.15, -0.1) is 0 Å². The molecule has 0 aliphatic carbocycles. The van der Waals surface area contributed by atoms with Gasteiger partial charge >= 0.3 is 92.3 Å². The summed E-state index contributed by atoms with van der Waals surface area (Å²) in [4.78, 5) is 34.1. The molecule has 0 aromatic rings. The van der Waals surface area contributed by atoms with Crippen LogP contribution in [-0.2, 0) is 14.4 Å². The Morgan fingerprint density at radius 1 is 1.14 bits per heavy atom. The van der Waals surface area contributed by atoms with Gasteiger partial charge in [-0.1, -0.05) is 0 Å². The Bertz CT molecular complexity index is 257. The molecule has 0 aliphatic heterocycles. The van der Waals surface area contributed by atoms with Crippen molar-refractivity contribution >= 4 is 33.6 Å². The molecule has 0 heterocycles. The first-order valence-electron chi connectivity index (χ1n) is 4.59. The van der Waals surface area contributed by atoms with Crippen molar-refractivity contribution in [3.8, 4) is 0 Å². The molecule has 0 bridgehead atoms. The average Bonchev–Trinajstić information content (AvgIpc) is 2.03. The molecule has 0 radical (unpaired) electrons. The first-order valence-corrected chi connectivity index (χ1v) is 5.17. The summed E-state index contributed by atoms with van der Waals surface area (Å²) in [5.74, 6) is -1.18. The van der Waals surface area contributed by atoms with Crippen LogP contribution < -0.4 is 0 Å². The molecule has 4 heteroatoms. The van der Waals surface area contributed by atoms with Gasteiger partial charge in [0.2, 0.25) is 0 Å². The van der Waals surface area contributed by atoms with Gasteiger partial charge in [0, 0.05) is 0 Å². The summed E-state index contributed by atoms with van der Waals surface area (Å²) >= 11 is 2.26. The average molecular weight is 210 g/mol. The summed E-state index contributed by atoms with van der Waals surface area (Å²) in [5.41, 5.74) is 0.